The molecule has 2 aromatic carbocycles. The Balaban J connectivity index is 0.00000117. The Morgan fingerprint density at radius 1 is 1.14 bits per heavy atom. The van der Waals surface area contributed by atoms with Gasteiger partial charge in [0.1, 0.15) is 17.0 Å². The van der Waals surface area contributed by atoms with Crippen LogP contribution in [0.2, 0.25) is 5.28 Å². The van der Waals surface area contributed by atoms with E-state index in [9.17, 15) is 15.2 Å². The first-order valence-corrected chi connectivity index (χ1v) is 9.30. The number of phenols is 1. The van der Waals surface area contributed by atoms with Crippen LogP contribution < -0.4 is 0 Å². The molecule has 2 aromatic heterocycles. The van der Waals surface area contributed by atoms with Crippen LogP contribution in [0.4, 0.5) is 5.69 Å². The fourth-order valence-corrected chi connectivity index (χ4v) is 2.97. The van der Waals surface area contributed by atoms with Gasteiger partial charge >= 0.3 is 0 Å². The maximum absolute atomic E-state index is 10.8. The van der Waals surface area contributed by atoms with Crippen molar-refractivity contribution in [3.05, 3.63) is 75.8 Å². The normalized spacial score (nSPS) is 10.4. The van der Waals surface area contributed by atoms with Crippen LogP contribution in [0.25, 0.3) is 22.4 Å². The Labute approximate surface area is 171 Å². The van der Waals surface area contributed by atoms with Gasteiger partial charge < -0.3 is 9.67 Å². The van der Waals surface area contributed by atoms with Crippen LogP contribution in [0.15, 0.2) is 54.9 Å². The quantitative estimate of drug-likeness (QED) is 0.292. The fraction of sp³-hybridized carbons (Fsp3) is 0.150. The monoisotopic (exact) mass is 411 g/mol. The second-order valence-electron chi connectivity index (χ2n) is 5.86. The highest BCUT2D eigenvalue weighted by atomic mass is 35.5. The smallest absolute Gasteiger partial charge is 0.269 e. The molecule has 1 N–H and O–H groups in total. The number of halogens is 1. The third kappa shape index (κ3) is 4.33. The minimum absolute atomic E-state index is 0.0331. The number of hydrogen-bond acceptors (Lipinski definition) is 6. The summed E-state index contributed by atoms with van der Waals surface area (Å²) < 4.78 is 1.79. The third-order valence-electron chi connectivity index (χ3n) is 4.06. The molecule has 8 nitrogen and oxygen atoms in total. The average molecular weight is 412 g/mol. The van der Waals surface area contributed by atoms with Gasteiger partial charge in [-0.05, 0) is 29.3 Å². The molecule has 0 bridgehead atoms. The van der Waals surface area contributed by atoms with Crippen LogP contribution in [0.1, 0.15) is 19.4 Å². The van der Waals surface area contributed by atoms with Gasteiger partial charge in [0.05, 0.1) is 17.8 Å². The van der Waals surface area contributed by atoms with Crippen molar-refractivity contribution < 1.29 is 10.0 Å². The summed E-state index contributed by atoms with van der Waals surface area (Å²) in [4.78, 5) is 23.3. The molecular formula is C20H18ClN5O3. The van der Waals surface area contributed by atoms with Gasteiger partial charge in [-0.15, -0.1) is 0 Å². The summed E-state index contributed by atoms with van der Waals surface area (Å²) in [6.07, 6.45) is 1.61. The first kappa shape index (κ1) is 20.2. The van der Waals surface area contributed by atoms with E-state index in [2.05, 4.69) is 15.0 Å². The molecule has 0 aliphatic rings. The van der Waals surface area contributed by atoms with E-state index in [1.54, 1.807) is 47.3 Å². The summed E-state index contributed by atoms with van der Waals surface area (Å²) in [6, 6.07) is 12.9. The Kier molecular flexibility index (Phi) is 6.04. The van der Waals surface area contributed by atoms with E-state index in [0.717, 1.165) is 5.56 Å². The number of hydrogen-bond donors (Lipinski definition) is 1. The van der Waals surface area contributed by atoms with Gasteiger partial charge in [0, 0.05) is 17.7 Å². The van der Waals surface area contributed by atoms with Crippen LogP contribution in [-0.2, 0) is 6.54 Å². The lowest BCUT2D eigenvalue weighted by Gasteiger charge is -2.06. The number of aromatic hydroxyl groups is 1. The summed E-state index contributed by atoms with van der Waals surface area (Å²) in [6.45, 7) is 4.42. The van der Waals surface area contributed by atoms with Crippen LogP contribution in [0.3, 0.4) is 0 Å². The van der Waals surface area contributed by atoms with Gasteiger partial charge in [-0.2, -0.15) is 4.98 Å². The number of fused-ring (bicyclic) bond motifs is 1. The number of phenolic OH excluding ortho intramolecular Hbond substituents is 1. The van der Waals surface area contributed by atoms with Crippen molar-refractivity contribution in [3.8, 4) is 17.0 Å². The summed E-state index contributed by atoms with van der Waals surface area (Å²) in [5.41, 5.74) is 3.16. The minimum atomic E-state index is -0.440. The maximum Gasteiger partial charge on any atom is 0.269 e. The number of nitro groups is 1. The average Bonchev–Trinajstić information content (AvgIpc) is 3.12. The molecule has 4 aromatic rings. The summed E-state index contributed by atoms with van der Waals surface area (Å²) in [5.74, 6) is 0.112. The molecule has 4 rings (SSSR count). The molecule has 0 amide bonds. The van der Waals surface area contributed by atoms with Crippen LogP contribution >= 0.6 is 11.6 Å². The molecule has 29 heavy (non-hydrogen) atoms. The standard InChI is InChI=1S/C18H12ClN5O3.C2H6/c19-18-21-15(12-2-1-3-14(25)8-12)16-17(22-18)23(10-20-16)9-11-4-6-13(7-5-11)24(26)27;1-2/h1-8,10,25H,9H2;1-2H3. The molecule has 148 valence electrons. The number of benzene rings is 2. The lowest BCUT2D eigenvalue weighted by molar-refractivity contribution is -0.384. The zero-order chi connectivity index (χ0) is 21.0. The number of nitrogens with zero attached hydrogens (tertiary/aromatic N) is 5. The fourth-order valence-electron chi connectivity index (χ4n) is 2.81. The molecule has 0 unspecified atom stereocenters. The van der Waals surface area contributed by atoms with Crippen molar-refractivity contribution >= 4 is 28.5 Å². The Morgan fingerprint density at radius 3 is 2.52 bits per heavy atom. The largest absolute Gasteiger partial charge is 0.508 e. The van der Waals surface area contributed by atoms with E-state index in [-0.39, 0.29) is 16.7 Å². The van der Waals surface area contributed by atoms with Gasteiger partial charge in [0.25, 0.3) is 5.69 Å². The molecule has 9 heteroatoms. The van der Waals surface area contributed by atoms with E-state index in [0.29, 0.717) is 29.0 Å². The van der Waals surface area contributed by atoms with Crippen molar-refractivity contribution in [2.24, 2.45) is 0 Å². The maximum atomic E-state index is 10.8. The van der Waals surface area contributed by atoms with Gasteiger partial charge in [0.2, 0.25) is 5.28 Å². The number of nitro benzene ring substituents is 1. The molecule has 0 radical (unpaired) electrons. The summed E-state index contributed by atoms with van der Waals surface area (Å²) in [5, 5.41) is 20.6. The van der Waals surface area contributed by atoms with E-state index in [1.165, 1.54) is 12.1 Å². The predicted molar refractivity (Wildman–Crippen MR) is 111 cm³/mol. The van der Waals surface area contributed by atoms with Crippen molar-refractivity contribution in [2.75, 3.05) is 0 Å². The van der Waals surface area contributed by atoms with Crippen LogP contribution in [0.5, 0.6) is 5.75 Å². The highest BCUT2D eigenvalue weighted by Crippen LogP contribution is 2.28. The van der Waals surface area contributed by atoms with E-state index < -0.39 is 4.92 Å². The van der Waals surface area contributed by atoms with E-state index >= 15 is 0 Å². The van der Waals surface area contributed by atoms with Gasteiger partial charge in [0.15, 0.2) is 5.65 Å². The van der Waals surface area contributed by atoms with Gasteiger partial charge in [-0.1, -0.05) is 38.1 Å². The molecule has 0 atom stereocenters. The lowest BCUT2D eigenvalue weighted by atomic mass is 10.1. The van der Waals surface area contributed by atoms with Crippen LogP contribution in [-0.4, -0.2) is 29.5 Å². The highest BCUT2D eigenvalue weighted by Gasteiger charge is 2.15. The minimum Gasteiger partial charge on any atom is -0.508 e. The zero-order valence-electron chi connectivity index (χ0n) is 15.8. The molecule has 0 fully saturated rings. The molecule has 0 aliphatic carbocycles. The van der Waals surface area contributed by atoms with Crippen molar-refractivity contribution in [2.45, 2.75) is 20.4 Å². The summed E-state index contributed by atoms with van der Waals surface area (Å²) >= 11 is 6.10. The number of aromatic nitrogens is 4. The highest BCUT2D eigenvalue weighted by molar-refractivity contribution is 6.28. The molecule has 0 aliphatic heterocycles. The van der Waals surface area contributed by atoms with Crippen LogP contribution in [0, 0.1) is 10.1 Å². The molecule has 0 saturated heterocycles. The van der Waals surface area contributed by atoms with E-state index in [4.69, 9.17) is 11.6 Å². The molecule has 2 heterocycles. The second-order valence-corrected chi connectivity index (χ2v) is 6.20. The number of rotatable bonds is 4. The Hall–Kier alpha value is -3.52. The summed E-state index contributed by atoms with van der Waals surface area (Å²) in [7, 11) is 0. The zero-order valence-corrected chi connectivity index (χ0v) is 16.5. The van der Waals surface area contributed by atoms with Crippen molar-refractivity contribution in [1.82, 2.24) is 19.5 Å². The molecule has 0 saturated carbocycles. The number of non-ortho nitro benzene ring substituents is 1. The number of imidazole rings is 1. The Morgan fingerprint density at radius 2 is 1.86 bits per heavy atom. The predicted octanol–water partition coefficient (Wildman–Crippen LogP) is 4.84. The second kappa shape index (κ2) is 8.66. The third-order valence-corrected chi connectivity index (χ3v) is 4.23. The van der Waals surface area contributed by atoms with Crippen molar-refractivity contribution in [1.29, 1.82) is 0 Å². The first-order chi connectivity index (χ1) is 14.0. The lowest BCUT2D eigenvalue weighted by Crippen LogP contribution is -2.01. The van der Waals surface area contributed by atoms with Gasteiger partial charge in [-0.3, -0.25) is 10.1 Å². The van der Waals surface area contributed by atoms with Gasteiger partial charge in [-0.25, -0.2) is 9.97 Å². The first-order valence-electron chi connectivity index (χ1n) is 8.92. The van der Waals surface area contributed by atoms with E-state index in [1.807, 2.05) is 13.8 Å². The van der Waals surface area contributed by atoms with Crippen molar-refractivity contribution in [3.63, 3.8) is 0 Å². The molecule has 0 spiro atoms. The SMILES string of the molecule is CC.O=[N+]([O-])c1ccc(Cn2cnc3c(-c4cccc(O)c4)nc(Cl)nc32)cc1. The Bertz CT molecular complexity index is 1160. The molecular weight excluding hydrogens is 394 g/mol. The topological polar surface area (TPSA) is 107 Å².